The Morgan fingerprint density at radius 2 is 2.30 bits per heavy atom. The highest BCUT2D eigenvalue weighted by Crippen LogP contribution is 2.16. The highest BCUT2D eigenvalue weighted by atomic mass is 32.2. The predicted octanol–water partition coefficient (Wildman–Crippen LogP) is 3.18. The first-order valence-electron chi connectivity index (χ1n) is 6.48. The second-order valence-electron chi connectivity index (χ2n) is 4.25. The van der Waals surface area contributed by atoms with Crippen LogP contribution in [0.5, 0.6) is 0 Å². The van der Waals surface area contributed by atoms with Crippen LogP contribution >= 0.6 is 11.8 Å². The van der Waals surface area contributed by atoms with Gasteiger partial charge in [0.1, 0.15) is 5.82 Å². The summed E-state index contributed by atoms with van der Waals surface area (Å²) < 4.78 is 0. The Balaban J connectivity index is 2.03. The van der Waals surface area contributed by atoms with Crippen molar-refractivity contribution in [1.82, 2.24) is 15.0 Å². The van der Waals surface area contributed by atoms with Crippen LogP contribution in [-0.2, 0) is 0 Å². The fourth-order valence-electron chi connectivity index (χ4n) is 1.70. The number of nitrogens with one attached hydrogen (secondary N) is 1. The van der Waals surface area contributed by atoms with E-state index in [0.29, 0.717) is 5.82 Å². The van der Waals surface area contributed by atoms with Crippen molar-refractivity contribution in [1.29, 1.82) is 0 Å². The summed E-state index contributed by atoms with van der Waals surface area (Å²) in [4.78, 5) is 13.1. The van der Waals surface area contributed by atoms with E-state index in [1.54, 1.807) is 12.4 Å². The summed E-state index contributed by atoms with van der Waals surface area (Å²) in [6, 6.07) is 5.81. The van der Waals surface area contributed by atoms with Crippen molar-refractivity contribution in [2.24, 2.45) is 0 Å². The van der Waals surface area contributed by atoms with Crippen LogP contribution in [0.1, 0.15) is 5.69 Å². The van der Waals surface area contributed by atoms with Gasteiger partial charge in [-0.15, -0.1) is 6.58 Å². The van der Waals surface area contributed by atoms with E-state index in [9.17, 15) is 0 Å². The highest BCUT2D eigenvalue weighted by Gasteiger charge is 2.04. The average molecular weight is 286 g/mol. The number of aromatic nitrogens is 3. The van der Waals surface area contributed by atoms with Crippen molar-refractivity contribution in [2.45, 2.75) is 6.92 Å². The smallest absolute Gasteiger partial charge is 0.163 e. The minimum atomic E-state index is 0.708. The number of anilines is 1. The molecule has 2 aromatic rings. The summed E-state index contributed by atoms with van der Waals surface area (Å²) in [7, 11) is 0. The fourth-order valence-corrected chi connectivity index (χ4v) is 2.28. The zero-order chi connectivity index (χ0) is 14.2. The Morgan fingerprint density at radius 1 is 1.40 bits per heavy atom. The van der Waals surface area contributed by atoms with E-state index in [0.717, 1.165) is 35.1 Å². The lowest BCUT2D eigenvalue weighted by Crippen LogP contribution is -2.07. The third-order valence-corrected chi connectivity index (χ3v) is 3.53. The molecule has 1 N–H and O–H groups in total. The van der Waals surface area contributed by atoms with Crippen LogP contribution in [0.4, 0.5) is 5.82 Å². The normalized spacial score (nSPS) is 10.2. The fraction of sp³-hybridized carbons (Fsp3) is 0.267. The van der Waals surface area contributed by atoms with Crippen molar-refractivity contribution in [3.05, 3.63) is 48.9 Å². The molecule has 104 valence electrons. The lowest BCUT2D eigenvalue weighted by molar-refractivity contribution is 1.08. The van der Waals surface area contributed by atoms with E-state index >= 15 is 0 Å². The molecule has 0 aliphatic heterocycles. The molecular weight excluding hydrogens is 268 g/mol. The predicted molar refractivity (Wildman–Crippen MR) is 86.0 cm³/mol. The van der Waals surface area contributed by atoms with Crippen LogP contribution in [0.2, 0.25) is 0 Å². The molecule has 0 aliphatic rings. The maximum atomic E-state index is 4.53. The number of hydrogen-bond donors (Lipinski definition) is 1. The molecule has 0 saturated carbocycles. The van der Waals surface area contributed by atoms with Gasteiger partial charge in [0.2, 0.25) is 0 Å². The largest absolute Gasteiger partial charge is 0.369 e. The van der Waals surface area contributed by atoms with Crippen molar-refractivity contribution in [2.75, 3.05) is 23.4 Å². The Labute approximate surface area is 123 Å². The van der Waals surface area contributed by atoms with Gasteiger partial charge >= 0.3 is 0 Å². The van der Waals surface area contributed by atoms with Gasteiger partial charge in [-0.1, -0.05) is 6.08 Å². The summed E-state index contributed by atoms with van der Waals surface area (Å²) in [6.45, 7) is 6.55. The van der Waals surface area contributed by atoms with Gasteiger partial charge in [-0.3, -0.25) is 4.98 Å². The second kappa shape index (κ2) is 7.65. The summed E-state index contributed by atoms with van der Waals surface area (Å²) in [5.74, 6) is 3.57. The van der Waals surface area contributed by atoms with Crippen LogP contribution in [0, 0.1) is 6.92 Å². The Bertz CT molecular complexity index is 557. The summed E-state index contributed by atoms with van der Waals surface area (Å²) in [5.41, 5.74) is 1.88. The lowest BCUT2D eigenvalue weighted by atomic mass is 10.2. The SMILES string of the molecule is C=CCSCCNc1cc(C)nc(-c2cccnc2)n1. The zero-order valence-corrected chi connectivity index (χ0v) is 12.4. The number of hydrogen-bond acceptors (Lipinski definition) is 5. The molecule has 2 rings (SSSR count). The highest BCUT2D eigenvalue weighted by molar-refractivity contribution is 7.99. The molecule has 4 nitrogen and oxygen atoms in total. The van der Waals surface area contributed by atoms with Gasteiger partial charge in [-0.2, -0.15) is 11.8 Å². The van der Waals surface area contributed by atoms with E-state index in [4.69, 9.17) is 0 Å². The van der Waals surface area contributed by atoms with Crippen molar-refractivity contribution >= 4 is 17.6 Å². The van der Waals surface area contributed by atoms with E-state index in [-0.39, 0.29) is 0 Å². The summed E-state index contributed by atoms with van der Waals surface area (Å²) >= 11 is 1.84. The van der Waals surface area contributed by atoms with Crippen LogP contribution in [0.15, 0.2) is 43.2 Å². The second-order valence-corrected chi connectivity index (χ2v) is 5.40. The first-order chi connectivity index (χ1) is 9.79. The number of pyridine rings is 1. The van der Waals surface area contributed by atoms with Crippen molar-refractivity contribution < 1.29 is 0 Å². The van der Waals surface area contributed by atoms with Gasteiger partial charge < -0.3 is 5.32 Å². The molecule has 5 heteroatoms. The first-order valence-corrected chi connectivity index (χ1v) is 7.63. The van der Waals surface area contributed by atoms with Crippen LogP contribution in [-0.4, -0.2) is 33.0 Å². The van der Waals surface area contributed by atoms with Crippen LogP contribution in [0.3, 0.4) is 0 Å². The number of aryl methyl sites for hydroxylation is 1. The lowest BCUT2D eigenvalue weighted by Gasteiger charge is -2.08. The molecule has 0 saturated heterocycles. The number of thioether (sulfide) groups is 1. The average Bonchev–Trinajstić information content (AvgIpc) is 2.47. The molecule has 0 spiro atoms. The number of nitrogens with zero attached hydrogens (tertiary/aromatic N) is 3. The Morgan fingerprint density at radius 3 is 3.05 bits per heavy atom. The summed E-state index contributed by atoms with van der Waals surface area (Å²) in [6.07, 6.45) is 5.44. The van der Waals surface area contributed by atoms with E-state index in [2.05, 4.69) is 26.8 Å². The molecule has 0 fully saturated rings. The third-order valence-electron chi connectivity index (χ3n) is 2.56. The molecule has 0 atom stereocenters. The molecule has 0 bridgehead atoms. The Hall–Kier alpha value is -1.88. The maximum Gasteiger partial charge on any atom is 0.163 e. The van der Waals surface area contributed by atoms with Gasteiger partial charge in [0, 0.05) is 47.8 Å². The van der Waals surface area contributed by atoms with Crippen LogP contribution in [0.25, 0.3) is 11.4 Å². The van der Waals surface area contributed by atoms with Gasteiger partial charge in [-0.05, 0) is 19.1 Å². The van der Waals surface area contributed by atoms with E-state index < -0.39 is 0 Å². The molecule has 0 radical (unpaired) electrons. The Kier molecular flexibility index (Phi) is 5.55. The van der Waals surface area contributed by atoms with E-state index in [1.165, 1.54) is 0 Å². The number of rotatable bonds is 7. The van der Waals surface area contributed by atoms with Gasteiger partial charge in [0.25, 0.3) is 0 Å². The van der Waals surface area contributed by atoms with Gasteiger partial charge in [0.15, 0.2) is 5.82 Å². The molecular formula is C15H18N4S. The van der Waals surface area contributed by atoms with Crippen molar-refractivity contribution in [3.63, 3.8) is 0 Å². The van der Waals surface area contributed by atoms with Gasteiger partial charge in [0.05, 0.1) is 0 Å². The quantitative estimate of drug-likeness (QED) is 0.626. The minimum Gasteiger partial charge on any atom is -0.369 e. The standard InChI is InChI=1S/C15H18N4S/c1-3-8-20-9-7-17-14-10-12(2)18-15(19-14)13-5-4-6-16-11-13/h3-6,10-11H,1,7-9H2,2H3,(H,17,18,19). The maximum absolute atomic E-state index is 4.53. The molecule has 0 aromatic carbocycles. The molecule has 0 aliphatic carbocycles. The van der Waals surface area contributed by atoms with E-state index in [1.807, 2.05) is 43.0 Å². The monoisotopic (exact) mass is 286 g/mol. The minimum absolute atomic E-state index is 0.708. The van der Waals surface area contributed by atoms with Gasteiger partial charge in [-0.25, -0.2) is 9.97 Å². The molecule has 2 heterocycles. The molecule has 0 unspecified atom stereocenters. The first kappa shape index (κ1) is 14.5. The topological polar surface area (TPSA) is 50.7 Å². The van der Waals surface area contributed by atoms with Crippen molar-refractivity contribution in [3.8, 4) is 11.4 Å². The molecule has 20 heavy (non-hydrogen) atoms. The zero-order valence-electron chi connectivity index (χ0n) is 11.5. The molecule has 0 amide bonds. The van der Waals surface area contributed by atoms with Crippen LogP contribution < -0.4 is 5.32 Å². The third kappa shape index (κ3) is 4.35. The summed E-state index contributed by atoms with van der Waals surface area (Å²) in [5, 5.41) is 3.33. The molecule has 2 aromatic heterocycles.